The minimum Gasteiger partial charge on any atom is -0.463 e. The molecule has 0 saturated heterocycles. The Balaban J connectivity index is 1.81. The van der Waals surface area contributed by atoms with Crippen molar-refractivity contribution in [1.82, 2.24) is 19.5 Å². The van der Waals surface area contributed by atoms with E-state index in [2.05, 4.69) is 68.7 Å². The van der Waals surface area contributed by atoms with Gasteiger partial charge in [0.25, 0.3) is 0 Å². The van der Waals surface area contributed by atoms with Gasteiger partial charge in [0.2, 0.25) is 0 Å². The average Bonchev–Trinajstić information content (AvgIpc) is 3.19. The molecule has 4 aromatic rings. The maximum absolute atomic E-state index is 5.48. The summed E-state index contributed by atoms with van der Waals surface area (Å²) in [5.41, 5.74) is 4.76. The van der Waals surface area contributed by atoms with Gasteiger partial charge >= 0.3 is 0 Å². The fourth-order valence-electron chi connectivity index (χ4n) is 2.51. The SMILES string of the molecule is Cc1ccc(Cn2cnc3c(-c4ccco4)nc(I)nc32)cc1. The molecule has 1 aromatic carbocycles. The molecule has 0 unspecified atom stereocenters. The Bertz CT molecular complexity index is 958. The number of benzene rings is 1. The van der Waals surface area contributed by atoms with Crippen molar-refractivity contribution >= 4 is 33.8 Å². The molecule has 4 rings (SSSR count). The van der Waals surface area contributed by atoms with Gasteiger partial charge in [-0.15, -0.1) is 0 Å². The van der Waals surface area contributed by atoms with E-state index in [1.807, 2.05) is 23.0 Å². The molecule has 0 bridgehead atoms. The normalized spacial score (nSPS) is 11.2. The van der Waals surface area contributed by atoms with Crippen molar-refractivity contribution in [3.8, 4) is 11.5 Å². The number of aromatic nitrogens is 4. The molecule has 0 spiro atoms. The van der Waals surface area contributed by atoms with Gasteiger partial charge in [0.05, 0.1) is 19.1 Å². The Morgan fingerprint density at radius 1 is 1.13 bits per heavy atom. The summed E-state index contributed by atoms with van der Waals surface area (Å²) >= 11 is 2.12. The molecule has 0 atom stereocenters. The van der Waals surface area contributed by atoms with Gasteiger partial charge in [0.1, 0.15) is 11.2 Å². The molecule has 0 aliphatic carbocycles. The Morgan fingerprint density at radius 2 is 1.96 bits per heavy atom. The van der Waals surface area contributed by atoms with Crippen molar-refractivity contribution in [1.29, 1.82) is 0 Å². The first-order valence-electron chi connectivity index (χ1n) is 7.18. The van der Waals surface area contributed by atoms with E-state index >= 15 is 0 Å². The maximum Gasteiger partial charge on any atom is 0.193 e. The van der Waals surface area contributed by atoms with E-state index in [0.29, 0.717) is 9.59 Å². The summed E-state index contributed by atoms with van der Waals surface area (Å²) < 4.78 is 8.19. The first-order chi connectivity index (χ1) is 11.2. The number of halogens is 1. The predicted molar refractivity (Wildman–Crippen MR) is 96.0 cm³/mol. The van der Waals surface area contributed by atoms with Crippen molar-refractivity contribution in [2.75, 3.05) is 0 Å². The van der Waals surface area contributed by atoms with Gasteiger partial charge in [-0.25, -0.2) is 15.0 Å². The molecule has 6 heteroatoms. The van der Waals surface area contributed by atoms with Crippen LogP contribution in [0.2, 0.25) is 0 Å². The molecule has 114 valence electrons. The third-order valence-electron chi connectivity index (χ3n) is 3.66. The largest absolute Gasteiger partial charge is 0.463 e. The van der Waals surface area contributed by atoms with Crippen LogP contribution in [0.5, 0.6) is 0 Å². The predicted octanol–water partition coefficient (Wildman–Crippen LogP) is 4.05. The van der Waals surface area contributed by atoms with E-state index in [4.69, 9.17) is 4.42 Å². The van der Waals surface area contributed by atoms with Crippen LogP contribution in [-0.2, 0) is 6.54 Å². The van der Waals surface area contributed by atoms with Gasteiger partial charge < -0.3 is 8.98 Å². The fourth-order valence-corrected chi connectivity index (χ4v) is 2.98. The highest BCUT2D eigenvalue weighted by molar-refractivity contribution is 14.1. The van der Waals surface area contributed by atoms with Crippen LogP contribution in [0.4, 0.5) is 0 Å². The summed E-state index contributed by atoms with van der Waals surface area (Å²) in [6.07, 6.45) is 3.45. The molecule has 3 heterocycles. The van der Waals surface area contributed by atoms with Crippen LogP contribution in [0.3, 0.4) is 0 Å². The molecule has 0 N–H and O–H groups in total. The lowest BCUT2D eigenvalue weighted by atomic mass is 10.1. The highest BCUT2D eigenvalue weighted by Crippen LogP contribution is 2.26. The number of nitrogens with zero attached hydrogens (tertiary/aromatic N) is 4. The first kappa shape index (κ1) is 14.4. The second-order valence-corrected chi connectivity index (χ2v) is 6.31. The van der Waals surface area contributed by atoms with E-state index < -0.39 is 0 Å². The molecular formula is C17H13IN4O. The van der Waals surface area contributed by atoms with Crippen LogP contribution in [0.25, 0.3) is 22.6 Å². The van der Waals surface area contributed by atoms with Crippen molar-refractivity contribution in [3.63, 3.8) is 0 Å². The second kappa shape index (κ2) is 5.77. The number of fused-ring (bicyclic) bond motifs is 1. The lowest BCUT2D eigenvalue weighted by molar-refractivity contribution is 0.580. The monoisotopic (exact) mass is 416 g/mol. The summed E-state index contributed by atoms with van der Waals surface area (Å²) in [6.45, 7) is 2.81. The number of rotatable bonds is 3. The Hall–Kier alpha value is -2.22. The van der Waals surface area contributed by atoms with E-state index in [0.717, 1.165) is 23.4 Å². The zero-order chi connectivity index (χ0) is 15.8. The molecule has 23 heavy (non-hydrogen) atoms. The minimum absolute atomic E-state index is 0.673. The van der Waals surface area contributed by atoms with Gasteiger partial charge in [0.15, 0.2) is 15.2 Å². The van der Waals surface area contributed by atoms with Gasteiger partial charge in [-0.3, -0.25) is 0 Å². The smallest absolute Gasteiger partial charge is 0.193 e. The van der Waals surface area contributed by atoms with Gasteiger partial charge in [-0.05, 0) is 24.6 Å². The zero-order valence-electron chi connectivity index (χ0n) is 12.4. The van der Waals surface area contributed by atoms with Gasteiger partial charge in [-0.1, -0.05) is 29.8 Å². The molecule has 3 aromatic heterocycles. The number of furan rings is 1. The molecule has 5 nitrogen and oxygen atoms in total. The van der Waals surface area contributed by atoms with Crippen molar-refractivity contribution in [2.24, 2.45) is 0 Å². The van der Waals surface area contributed by atoms with E-state index in [-0.39, 0.29) is 0 Å². The Kier molecular flexibility index (Phi) is 3.60. The second-order valence-electron chi connectivity index (χ2n) is 5.35. The third kappa shape index (κ3) is 2.74. The molecule has 0 aliphatic heterocycles. The quantitative estimate of drug-likeness (QED) is 0.374. The molecule has 0 saturated carbocycles. The Morgan fingerprint density at radius 3 is 2.70 bits per heavy atom. The van der Waals surface area contributed by atoms with E-state index in [1.165, 1.54) is 11.1 Å². The fraction of sp³-hybridized carbons (Fsp3) is 0.118. The number of hydrogen-bond donors (Lipinski definition) is 0. The Labute approximate surface area is 146 Å². The lowest BCUT2D eigenvalue weighted by Crippen LogP contribution is -2.01. The standard InChI is InChI=1S/C17H13IN4O/c1-11-4-6-12(7-5-11)9-22-10-19-15-14(13-3-2-8-23-13)20-17(18)21-16(15)22/h2-8,10H,9H2,1H3. The topological polar surface area (TPSA) is 56.7 Å². The average molecular weight is 416 g/mol. The third-order valence-corrected chi connectivity index (χ3v) is 4.15. The van der Waals surface area contributed by atoms with Crippen LogP contribution >= 0.6 is 22.6 Å². The number of imidazole rings is 1. The molecule has 0 amide bonds. The van der Waals surface area contributed by atoms with Crippen molar-refractivity contribution in [2.45, 2.75) is 13.5 Å². The van der Waals surface area contributed by atoms with E-state index in [1.54, 1.807) is 6.26 Å². The molecule has 0 fully saturated rings. The molecule has 0 radical (unpaired) electrons. The van der Waals surface area contributed by atoms with Crippen LogP contribution < -0.4 is 0 Å². The van der Waals surface area contributed by atoms with Crippen LogP contribution in [-0.4, -0.2) is 19.5 Å². The van der Waals surface area contributed by atoms with Crippen LogP contribution in [0.15, 0.2) is 53.4 Å². The first-order valence-corrected chi connectivity index (χ1v) is 8.26. The summed E-state index contributed by atoms with van der Waals surface area (Å²) in [5, 5.41) is 0. The van der Waals surface area contributed by atoms with Crippen LogP contribution in [0, 0.1) is 10.8 Å². The number of hydrogen-bond acceptors (Lipinski definition) is 4. The lowest BCUT2D eigenvalue weighted by Gasteiger charge is -2.05. The summed E-state index contributed by atoms with van der Waals surface area (Å²) in [6, 6.07) is 12.2. The highest BCUT2D eigenvalue weighted by Gasteiger charge is 2.15. The van der Waals surface area contributed by atoms with Gasteiger partial charge in [-0.2, -0.15) is 0 Å². The zero-order valence-corrected chi connectivity index (χ0v) is 14.6. The van der Waals surface area contributed by atoms with Crippen molar-refractivity contribution in [3.05, 3.63) is 63.9 Å². The summed E-state index contributed by atoms with van der Waals surface area (Å²) in [5.74, 6) is 0.705. The number of aryl methyl sites for hydroxylation is 1. The maximum atomic E-state index is 5.48. The van der Waals surface area contributed by atoms with Crippen molar-refractivity contribution < 1.29 is 4.42 Å². The van der Waals surface area contributed by atoms with Gasteiger partial charge in [0, 0.05) is 22.6 Å². The summed E-state index contributed by atoms with van der Waals surface area (Å²) in [7, 11) is 0. The molecular weight excluding hydrogens is 403 g/mol. The van der Waals surface area contributed by atoms with Crippen LogP contribution in [0.1, 0.15) is 11.1 Å². The highest BCUT2D eigenvalue weighted by atomic mass is 127. The summed E-state index contributed by atoms with van der Waals surface area (Å²) in [4.78, 5) is 13.5. The van der Waals surface area contributed by atoms with E-state index in [9.17, 15) is 0 Å². The molecule has 0 aliphatic rings. The minimum atomic E-state index is 0.673.